The second-order valence-electron chi connectivity index (χ2n) is 6.24. The lowest BCUT2D eigenvalue weighted by Crippen LogP contribution is -2.22. The van der Waals surface area contributed by atoms with Gasteiger partial charge in [0.05, 0.1) is 17.8 Å². The highest BCUT2D eigenvalue weighted by Gasteiger charge is 2.27. The topological polar surface area (TPSA) is 137 Å². The van der Waals surface area contributed by atoms with E-state index in [1.165, 1.54) is 39.9 Å². The second kappa shape index (κ2) is 6.12. The van der Waals surface area contributed by atoms with Crippen molar-refractivity contribution in [2.75, 3.05) is 5.73 Å². The molecule has 10 nitrogen and oxygen atoms in total. The minimum Gasteiger partial charge on any atom is -0.479 e. The number of nitrogens with zero attached hydrogens (tertiary/aromatic N) is 6. The summed E-state index contributed by atoms with van der Waals surface area (Å²) in [5, 5.41) is 18.7. The molecule has 11 heteroatoms. The Kier molecular flexibility index (Phi) is 3.56. The summed E-state index contributed by atoms with van der Waals surface area (Å²) >= 11 is 0. The number of carboxylic acid groups (broad SMARTS) is 1. The highest BCUT2D eigenvalue weighted by Crippen LogP contribution is 2.27. The molecule has 4 heterocycles. The van der Waals surface area contributed by atoms with E-state index in [2.05, 4.69) is 20.2 Å². The number of furan rings is 1. The molecule has 0 saturated carbocycles. The highest BCUT2D eigenvalue weighted by molar-refractivity contribution is 5.91. The van der Waals surface area contributed by atoms with Crippen LogP contribution in [0.4, 0.5) is 10.3 Å². The largest absolute Gasteiger partial charge is 0.479 e. The molecule has 3 N–H and O–H groups in total. The van der Waals surface area contributed by atoms with Crippen molar-refractivity contribution in [1.29, 1.82) is 0 Å². The van der Waals surface area contributed by atoms with E-state index in [0.717, 1.165) is 6.07 Å². The number of benzene rings is 1. The molecule has 0 amide bonds. The van der Waals surface area contributed by atoms with Gasteiger partial charge < -0.3 is 15.3 Å². The average Bonchev–Trinajstić information content (AvgIpc) is 3.41. The van der Waals surface area contributed by atoms with Crippen molar-refractivity contribution < 1.29 is 18.7 Å². The fourth-order valence-corrected chi connectivity index (χ4v) is 3.19. The number of fused-ring (bicyclic) bond motifs is 3. The lowest BCUT2D eigenvalue weighted by atomic mass is 10.1. The summed E-state index contributed by atoms with van der Waals surface area (Å²) in [6, 6.07) is 7.40. The number of carboxylic acids is 1. The molecule has 0 fully saturated rings. The van der Waals surface area contributed by atoms with Gasteiger partial charge in [-0.1, -0.05) is 12.1 Å². The van der Waals surface area contributed by atoms with Crippen molar-refractivity contribution in [3.05, 3.63) is 60.2 Å². The van der Waals surface area contributed by atoms with E-state index in [9.17, 15) is 14.3 Å². The number of aliphatic carboxylic acids is 1. The van der Waals surface area contributed by atoms with Gasteiger partial charge in [0.2, 0.25) is 11.8 Å². The molecular weight excluding hydrogens is 381 g/mol. The number of aromatic nitrogens is 6. The molecular formula is C18H12FN7O3. The summed E-state index contributed by atoms with van der Waals surface area (Å²) < 4.78 is 21.5. The minimum atomic E-state index is -1.30. The molecule has 0 spiro atoms. The first-order chi connectivity index (χ1) is 14.0. The van der Waals surface area contributed by atoms with E-state index in [-0.39, 0.29) is 17.2 Å². The standard InChI is InChI=1S/C18H12FN7O3/c19-10-4-1-3-9(7-10)13(17(27)28)25-16-11(8-21-25)15-22-14(12-5-2-6-29-12)24-26(15)18(20)23-16/h1-8,13H,(H2,20,23)(H,27,28). The zero-order chi connectivity index (χ0) is 20.1. The summed E-state index contributed by atoms with van der Waals surface area (Å²) in [6.45, 7) is 0. The van der Waals surface area contributed by atoms with Gasteiger partial charge in [0.15, 0.2) is 23.1 Å². The third-order valence-electron chi connectivity index (χ3n) is 4.44. The minimum absolute atomic E-state index is 0.0112. The van der Waals surface area contributed by atoms with Crippen LogP contribution in [0.3, 0.4) is 0 Å². The van der Waals surface area contributed by atoms with Gasteiger partial charge in [-0.2, -0.15) is 14.6 Å². The molecule has 29 heavy (non-hydrogen) atoms. The van der Waals surface area contributed by atoms with Crippen LogP contribution < -0.4 is 5.73 Å². The quantitative estimate of drug-likeness (QED) is 0.474. The third kappa shape index (κ3) is 2.59. The van der Waals surface area contributed by atoms with Gasteiger partial charge in [-0.25, -0.2) is 18.9 Å². The van der Waals surface area contributed by atoms with Gasteiger partial charge in [0.25, 0.3) is 0 Å². The number of hydrogen-bond donors (Lipinski definition) is 2. The van der Waals surface area contributed by atoms with Crippen molar-refractivity contribution in [3.8, 4) is 11.6 Å². The first kappa shape index (κ1) is 16.9. The monoisotopic (exact) mass is 393 g/mol. The predicted octanol–water partition coefficient (Wildman–Crippen LogP) is 2.13. The third-order valence-corrected chi connectivity index (χ3v) is 4.44. The SMILES string of the molecule is Nc1nc2c(cnn2C(C(=O)O)c2cccc(F)c2)c2nc(-c3ccco3)nn12. The van der Waals surface area contributed by atoms with Crippen LogP contribution in [-0.2, 0) is 4.79 Å². The zero-order valence-electron chi connectivity index (χ0n) is 14.6. The summed E-state index contributed by atoms with van der Waals surface area (Å²) in [4.78, 5) is 20.7. The highest BCUT2D eigenvalue weighted by atomic mass is 19.1. The molecule has 0 radical (unpaired) electrons. The van der Waals surface area contributed by atoms with Gasteiger partial charge in [-0.3, -0.25) is 0 Å². The van der Waals surface area contributed by atoms with Crippen LogP contribution in [0.25, 0.3) is 28.3 Å². The lowest BCUT2D eigenvalue weighted by Gasteiger charge is -2.14. The van der Waals surface area contributed by atoms with Gasteiger partial charge in [0.1, 0.15) is 5.82 Å². The van der Waals surface area contributed by atoms with E-state index >= 15 is 0 Å². The van der Waals surface area contributed by atoms with Crippen LogP contribution in [-0.4, -0.2) is 40.4 Å². The van der Waals surface area contributed by atoms with Crippen molar-refractivity contribution >= 4 is 28.6 Å². The molecule has 4 aromatic heterocycles. The van der Waals surface area contributed by atoms with Crippen molar-refractivity contribution in [2.45, 2.75) is 6.04 Å². The van der Waals surface area contributed by atoms with E-state index in [1.807, 2.05) is 0 Å². The smallest absolute Gasteiger partial charge is 0.333 e. The first-order valence-electron chi connectivity index (χ1n) is 8.44. The van der Waals surface area contributed by atoms with Gasteiger partial charge >= 0.3 is 5.97 Å². The molecule has 1 aromatic carbocycles. The zero-order valence-corrected chi connectivity index (χ0v) is 14.6. The Bertz CT molecular complexity index is 1370. The fraction of sp³-hybridized carbons (Fsp3) is 0.0556. The van der Waals surface area contributed by atoms with Crippen LogP contribution in [0, 0.1) is 5.82 Å². The molecule has 0 aliphatic heterocycles. The Hall–Kier alpha value is -4.28. The first-order valence-corrected chi connectivity index (χ1v) is 8.44. The molecule has 1 atom stereocenters. The second-order valence-corrected chi connectivity index (χ2v) is 6.24. The van der Waals surface area contributed by atoms with E-state index in [4.69, 9.17) is 10.2 Å². The molecule has 5 aromatic rings. The maximum atomic E-state index is 13.7. The molecule has 0 saturated heterocycles. The lowest BCUT2D eigenvalue weighted by molar-refractivity contribution is -0.139. The number of rotatable bonds is 4. The normalized spacial score (nSPS) is 12.6. The number of nitrogen functional groups attached to an aromatic ring is 1. The summed E-state index contributed by atoms with van der Waals surface area (Å²) in [6.07, 6.45) is 2.92. The van der Waals surface area contributed by atoms with E-state index in [1.54, 1.807) is 12.1 Å². The van der Waals surface area contributed by atoms with E-state index in [0.29, 0.717) is 22.6 Å². The van der Waals surface area contributed by atoms with Crippen LogP contribution in [0.2, 0.25) is 0 Å². The summed E-state index contributed by atoms with van der Waals surface area (Å²) in [5.41, 5.74) is 6.76. The number of carbonyl (C=O) groups is 1. The van der Waals surface area contributed by atoms with Crippen LogP contribution in [0.15, 0.2) is 53.3 Å². The summed E-state index contributed by atoms with van der Waals surface area (Å²) in [7, 11) is 0. The van der Waals surface area contributed by atoms with E-state index < -0.39 is 17.8 Å². The summed E-state index contributed by atoms with van der Waals surface area (Å²) in [5.74, 6) is -1.05. The average molecular weight is 393 g/mol. The molecule has 0 aliphatic rings. The van der Waals surface area contributed by atoms with Gasteiger partial charge in [-0.15, -0.1) is 5.10 Å². The molecule has 0 aliphatic carbocycles. The molecule has 1 unspecified atom stereocenters. The number of halogens is 1. The maximum Gasteiger partial charge on any atom is 0.333 e. The Morgan fingerprint density at radius 3 is 2.79 bits per heavy atom. The molecule has 0 bridgehead atoms. The molecule has 144 valence electrons. The van der Waals surface area contributed by atoms with Crippen molar-refractivity contribution in [2.24, 2.45) is 0 Å². The molecule has 5 rings (SSSR count). The number of nitrogens with two attached hydrogens (primary N) is 1. The Morgan fingerprint density at radius 1 is 1.21 bits per heavy atom. The van der Waals surface area contributed by atoms with Crippen LogP contribution in [0.5, 0.6) is 0 Å². The number of anilines is 1. The maximum absolute atomic E-state index is 13.7. The van der Waals surface area contributed by atoms with Gasteiger partial charge in [0, 0.05) is 0 Å². The Labute approximate surface area is 161 Å². The predicted molar refractivity (Wildman–Crippen MR) is 98.4 cm³/mol. The Morgan fingerprint density at radius 2 is 2.07 bits per heavy atom. The van der Waals surface area contributed by atoms with Crippen LogP contribution in [0.1, 0.15) is 11.6 Å². The Balaban J connectivity index is 1.74. The van der Waals surface area contributed by atoms with Gasteiger partial charge in [-0.05, 0) is 29.8 Å². The van der Waals surface area contributed by atoms with Crippen molar-refractivity contribution in [3.63, 3.8) is 0 Å². The number of hydrogen-bond acceptors (Lipinski definition) is 7. The van der Waals surface area contributed by atoms with Crippen molar-refractivity contribution in [1.82, 2.24) is 29.4 Å². The van der Waals surface area contributed by atoms with Crippen LogP contribution >= 0.6 is 0 Å². The fourth-order valence-electron chi connectivity index (χ4n) is 3.19.